The molecule has 2 aromatic heterocycles. The predicted molar refractivity (Wildman–Crippen MR) is 179 cm³/mol. The molecule has 0 aliphatic carbocycles. The zero-order valence-corrected chi connectivity index (χ0v) is 27.4. The summed E-state index contributed by atoms with van der Waals surface area (Å²) in [4.78, 5) is 65.9. The number of phenols is 1. The van der Waals surface area contributed by atoms with Gasteiger partial charge in [0.05, 0.1) is 5.02 Å². The maximum Gasteiger partial charge on any atom is 0.331 e. The topological polar surface area (TPSA) is 140 Å². The molecule has 1 aliphatic rings. The summed E-state index contributed by atoms with van der Waals surface area (Å²) in [7, 11) is 0. The van der Waals surface area contributed by atoms with E-state index in [1.54, 1.807) is 45.7 Å². The van der Waals surface area contributed by atoms with Crippen molar-refractivity contribution in [1.29, 1.82) is 0 Å². The first-order valence-corrected chi connectivity index (χ1v) is 16.0. The van der Waals surface area contributed by atoms with Crippen molar-refractivity contribution >= 4 is 62.8 Å². The molecule has 252 valence electrons. The Bertz CT molecular complexity index is 2170. The maximum absolute atomic E-state index is 14.3. The molecule has 3 aromatic carbocycles. The minimum atomic E-state index is -0.732. The molecule has 1 fully saturated rings. The molecule has 3 heterocycles. The lowest BCUT2D eigenvalue weighted by Crippen LogP contribution is -2.46. The Hall–Kier alpha value is -5.49. The van der Waals surface area contributed by atoms with Crippen molar-refractivity contribution in [3.8, 4) is 11.5 Å². The SMILES string of the molecule is CC(=O)c1cn(CC(=O)Oc2ccc3c(c2)c(C(C)=O)cn3CC(=O)N2CCC[C@H]2C(=O)NCc2cccc(Cl)c2F)c2ccc(O)cc12. The normalized spacial score (nSPS) is 14.4. The summed E-state index contributed by atoms with van der Waals surface area (Å²) in [6.45, 7) is 2.71. The number of ether oxygens (including phenoxy) is 1. The van der Waals surface area contributed by atoms with Crippen molar-refractivity contribution in [1.82, 2.24) is 19.4 Å². The van der Waals surface area contributed by atoms with Crippen molar-refractivity contribution in [3.05, 3.63) is 94.5 Å². The third-order valence-electron chi connectivity index (χ3n) is 8.67. The van der Waals surface area contributed by atoms with Crippen molar-refractivity contribution in [2.75, 3.05) is 6.54 Å². The average molecular weight is 687 g/mol. The molecular formula is C36H32ClFN4O7. The third-order valence-corrected chi connectivity index (χ3v) is 8.96. The Morgan fingerprint density at radius 1 is 0.918 bits per heavy atom. The Kier molecular flexibility index (Phi) is 9.24. The Morgan fingerprint density at radius 3 is 2.27 bits per heavy atom. The number of halogens is 2. The van der Waals surface area contributed by atoms with Crippen LogP contribution in [0, 0.1) is 5.82 Å². The summed E-state index contributed by atoms with van der Waals surface area (Å²) < 4.78 is 23.1. The van der Waals surface area contributed by atoms with Gasteiger partial charge in [-0.15, -0.1) is 0 Å². The van der Waals surface area contributed by atoms with Crippen LogP contribution in [0.2, 0.25) is 5.02 Å². The number of phenolic OH excluding ortho intramolecular Hbond substituents is 1. The van der Waals surface area contributed by atoms with Gasteiger partial charge in [-0.2, -0.15) is 0 Å². The molecule has 0 saturated carbocycles. The molecule has 49 heavy (non-hydrogen) atoms. The van der Waals surface area contributed by atoms with E-state index in [1.165, 1.54) is 49.2 Å². The number of nitrogens with zero attached hydrogens (tertiary/aromatic N) is 3. The second kappa shape index (κ2) is 13.6. The number of Topliss-reactive ketones (excluding diaryl/α,β-unsaturated/α-hetero) is 2. The number of hydrogen-bond acceptors (Lipinski definition) is 7. The summed E-state index contributed by atoms with van der Waals surface area (Å²) in [5.41, 5.74) is 2.04. The van der Waals surface area contributed by atoms with Crippen molar-refractivity contribution < 1.29 is 38.2 Å². The van der Waals surface area contributed by atoms with Gasteiger partial charge in [0.25, 0.3) is 0 Å². The number of hydrogen-bond donors (Lipinski definition) is 2. The number of carbonyl (C=O) groups is 5. The largest absolute Gasteiger partial charge is 0.508 e. The van der Waals surface area contributed by atoms with Crippen LogP contribution >= 0.6 is 11.6 Å². The van der Waals surface area contributed by atoms with Crippen molar-refractivity contribution in [2.24, 2.45) is 0 Å². The fourth-order valence-electron chi connectivity index (χ4n) is 6.31. The zero-order chi connectivity index (χ0) is 35.0. The van der Waals surface area contributed by atoms with Gasteiger partial charge < -0.3 is 29.2 Å². The first-order valence-electron chi connectivity index (χ1n) is 15.6. The van der Waals surface area contributed by atoms with Crippen LogP contribution in [0.1, 0.15) is 53.0 Å². The van der Waals surface area contributed by atoms with E-state index in [4.69, 9.17) is 16.3 Å². The van der Waals surface area contributed by atoms with Gasteiger partial charge in [-0.3, -0.25) is 19.2 Å². The van der Waals surface area contributed by atoms with Crippen LogP contribution in [0.5, 0.6) is 11.5 Å². The van der Waals surface area contributed by atoms with Crippen molar-refractivity contribution in [2.45, 2.75) is 52.4 Å². The molecule has 5 aromatic rings. The Labute approximate surface area is 284 Å². The van der Waals surface area contributed by atoms with E-state index < -0.39 is 23.7 Å². The molecule has 0 bridgehead atoms. The average Bonchev–Trinajstić information content (AvgIpc) is 3.78. The summed E-state index contributed by atoms with van der Waals surface area (Å²) >= 11 is 5.85. The number of carbonyl (C=O) groups excluding carboxylic acids is 5. The van der Waals surface area contributed by atoms with Crippen LogP contribution < -0.4 is 10.1 Å². The second-order valence-electron chi connectivity index (χ2n) is 12.0. The minimum absolute atomic E-state index is 0.00738. The molecule has 11 nitrogen and oxygen atoms in total. The number of benzene rings is 3. The molecule has 1 saturated heterocycles. The standard InChI is InChI=1S/C36H32ClFN4O7/c1-20(43)27-17-41(30-10-8-23(45)13-25(27)30)19-34(47)49-24-9-11-31-26(14-24)28(21(2)44)16-40(31)18-33(46)42-12-4-7-32(42)36(48)39-15-22-5-3-6-29(37)35(22)38/h3,5-6,8-11,13-14,16-17,32,45H,4,7,12,15,18-19H2,1-2H3,(H,39,48)/t32-/m0/s1. The smallest absolute Gasteiger partial charge is 0.331 e. The number of rotatable bonds is 10. The van der Waals surface area contributed by atoms with Crippen LogP contribution in [-0.4, -0.2) is 61.1 Å². The maximum atomic E-state index is 14.3. The van der Waals surface area contributed by atoms with E-state index in [-0.39, 0.29) is 59.2 Å². The molecule has 2 amide bonds. The van der Waals surface area contributed by atoms with Gasteiger partial charge >= 0.3 is 5.97 Å². The molecule has 13 heteroatoms. The number of amides is 2. The number of aromatic nitrogens is 2. The van der Waals surface area contributed by atoms with E-state index in [1.807, 2.05) is 0 Å². The van der Waals surface area contributed by atoms with E-state index >= 15 is 0 Å². The molecule has 1 atom stereocenters. The lowest BCUT2D eigenvalue weighted by atomic mass is 10.1. The number of aromatic hydroxyl groups is 1. The highest BCUT2D eigenvalue weighted by Gasteiger charge is 2.34. The lowest BCUT2D eigenvalue weighted by molar-refractivity contribution is -0.138. The van der Waals surface area contributed by atoms with E-state index in [0.717, 1.165) is 0 Å². The monoisotopic (exact) mass is 686 g/mol. The van der Waals surface area contributed by atoms with E-state index in [2.05, 4.69) is 5.32 Å². The van der Waals surface area contributed by atoms with Gasteiger partial charge in [0.2, 0.25) is 11.8 Å². The van der Waals surface area contributed by atoms with Gasteiger partial charge in [-0.25, -0.2) is 9.18 Å². The van der Waals surface area contributed by atoms with Crippen LogP contribution in [0.3, 0.4) is 0 Å². The highest BCUT2D eigenvalue weighted by atomic mass is 35.5. The molecule has 0 radical (unpaired) electrons. The van der Waals surface area contributed by atoms with Gasteiger partial charge in [-0.1, -0.05) is 23.7 Å². The van der Waals surface area contributed by atoms with Crippen LogP contribution in [-0.2, 0) is 34.0 Å². The van der Waals surface area contributed by atoms with E-state index in [0.29, 0.717) is 52.3 Å². The lowest BCUT2D eigenvalue weighted by Gasteiger charge is -2.24. The highest BCUT2D eigenvalue weighted by Crippen LogP contribution is 2.29. The number of ketones is 2. The summed E-state index contributed by atoms with van der Waals surface area (Å²) in [6, 6.07) is 13.1. The number of nitrogens with one attached hydrogen (secondary N) is 1. The predicted octanol–water partition coefficient (Wildman–Crippen LogP) is 5.41. The van der Waals surface area contributed by atoms with E-state index in [9.17, 15) is 33.5 Å². The minimum Gasteiger partial charge on any atom is -0.508 e. The molecule has 6 rings (SSSR count). The van der Waals surface area contributed by atoms with Gasteiger partial charge in [-0.05, 0) is 69.2 Å². The van der Waals surface area contributed by atoms with Crippen LogP contribution in [0.15, 0.2) is 67.0 Å². The molecule has 0 unspecified atom stereocenters. The molecule has 1 aliphatic heterocycles. The zero-order valence-electron chi connectivity index (χ0n) is 26.7. The van der Waals surface area contributed by atoms with Crippen LogP contribution in [0.4, 0.5) is 4.39 Å². The van der Waals surface area contributed by atoms with Gasteiger partial charge in [0.15, 0.2) is 11.6 Å². The quantitative estimate of drug-likeness (QED) is 0.114. The Balaban J connectivity index is 1.17. The number of fused-ring (bicyclic) bond motifs is 2. The Morgan fingerprint density at radius 2 is 1.57 bits per heavy atom. The second-order valence-corrected chi connectivity index (χ2v) is 12.4. The van der Waals surface area contributed by atoms with Gasteiger partial charge in [0.1, 0.15) is 36.4 Å². The summed E-state index contributed by atoms with van der Waals surface area (Å²) in [5.74, 6) is -2.28. The fraction of sp³-hybridized carbons (Fsp3) is 0.250. The first-order chi connectivity index (χ1) is 23.4. The number of esters is 1. The summed E-state index contributed by atoms with van der Waals surface area (Å²) in [5, 5.41) is 13.5. The van der Waals surface area contributed by atoms with Crippen LogP contribution in [0.25, 0.3) is 21.8 Å². The molecule has 0 spiro atoms. The number of likely N-dealkylation sites (tertiary alicyclic amines) is 1. The molecule has 2 N–H and O–H groups in total. The first kappa shape index (κ1) is 33.4. The highest BCUT2D eigenvalue weighted by molar-refractivity contribution is 6.30. The van der Waals surface area contributed by atoms with Crippen molar-refractivity contribution in [3.63, 3.8) is 0 Å². The van der Waals surface area contributed by atoms with Gasteiger partial charge in [0, 0.05) is 64.0 Å². The fourth-order valence-corrected chi connectivity index (χ4v) is 6.50. The molecular weight excluding hydrogens is 655 g/mol. The third kappa shape index (κ3) is 6.77. The summed E-state index contributed by atoms with van der Waals surface area (Å²) in [6.07, 6.45) is 4.17.